The first kappa shape index (κ1) is 14.4. The number of fused-ring (bicyclic) bond motifs is 1. The SMILES string of the molecule is CCCC1CC1NC(=NC)NC1CCCn2nc(C)nc21. The van der Waals surface area contributed by atoms with Gasteiger partial charge in [-0.25, -0.2) is 9.67 Å². The van der Waals surface area contributed by atoms with Crippen LogP contribution in [0.15, 0.2) is 4.99 Å². The second kappa shape index (κ2) is 6.03. The van der Waals surface area contributed by atoms with E-state index in [-0.39, 0.29) is 6.04 Å². The van der Waals surface area contributed by atoms with Crippen LogP contribution in [0.1, 0.15) is 56.7 Å². The molecule has 1 aromatic heterocycles. The third-order valence-corrected chi connectivity index (χ3v) is 4.42. The Morgan fingerprint density at radius 3 is 3.05 bits per heavy atom. The largest absolute Gasteiger partial charge is 0.353 e. The van der Waals surface area contributed by atoms with E-state index in [1.165, 1.54) is 19.3 Å². The molecule has 1 saturated carbocycles. The van der Waals surface area contributed by atoms with Crippen LogP contribution in [-0.4, -0.2) is 33.8 Å². The predicted molar refractivity (Wildman–Crippen MR) is 83.2 cm³/mol. The number of hydrogen-bond acceptors (Lipinski definition) is 3. The lowest BCUT2D eigenvalue weighted by Gasteiger charge is -2.25. The lowest BCUT2D eigenvalue weighted by atomic mass is 10.1. The van der Waals surface area contributed by atoms with Crippen molar-refractivity contribution in [3.05, 3.63) is 11.6 Å². The maximum absolute atomic E-state index is 4.57. The molecule has 1 aromatic rings. The zero-order valence-electron chi connectivity index (χ0n) is 13.3. The molecule has 0 saturated heterocycles. The van der Waals surface area contributed by atoms with Crippen molar-refractivity contribution in [3.63, 3.8) is 0 Å². The number of nitrogens with one attached hydrogen (secondary N) is 2. The number of nitrogens with zero attached hydrogens (tertiary/aromatic N) is 4. The van der Waals surface area contributed by atoms with Gasteiger partial charge in [0.05, 0.1) is 6.04 Å². The zero-order valence-corrected chi connectivity index (χ0v) is 13.3. The van der Waals surface area contributed by atoms with Gasteiger partial charge in [0.25, 0.3) is 0 Å². The smallest absolute Gasteiger partial charge is 0.191 e. The van der Waals surface area contributed by atoms with Gasteiger partial charge in [-0.15, -0.1) is 0 Å². The molecule has 2 heterocycles. The molecule has 6 nitrogen and oxygen atoms in total. The van der Waals surface area contributed by atoms with Crippen molar-refractivity contribution in [1.82, 2.24) is 25.4 Å². The fraction of sp³-hybridized carbons (Fsp3) is 0.800. The van der Waals surface area contributed by atoms with E-state index in [1.807, 2.05) is 18.7 Å². The first-order valence-electron chi connectivity index (χ1n) is 8.12. The third kappa shape index (κ3) is 3.19. The van der Waals surface area contributed by atoms with Gasteiger partial charge in [-0.2, -0.15) is 5.10 Å². The van der Waals surface area contributed by atoms with Crippen molar-refractivity contribution in [1.29, 1.82) is 0 Å². The van der Waals surface area contributed by atoms with Crippen LogP contribution < -0.4 is 10.6 Å². The molecule has 1 aliphatic carbocycles. The molecule has 0 aromatic carbocycles. The van der Waals surface area contributed by atoms with Crippen molar-refractivity contribution < 1.29 is 0 Å². The Labute approximate surface area is 126 Å². The average Bonchev–Trinajstić information content (AvgIpc) is 3.06. The van der Waals surface area contributed by atoms with Gasteiger partial charge in [0.1, 0.15) is 11.6 Å². The number of aliphatic imine (C=N–C) groups is 1. The van der Waals surface area contributed by atoms with Crippen molar-refractivity contribution in [2.75, 3.05) is 7.05 Å². The van der Waals surface area contributed by atoms with Crippen molar-refractivity contribution in [3.8, 4) is 0 Å². The van der Waals surface area contributed by atoms with Crippen LogP contribution in [0.3, 0.4) is 0 Å². The Morgan fingerprint density at radius 1 is 1.43 bits per heavy atom. The summed E-state index contributed by atoms with van der Waals surface area (Å²) in [4.78, 5) is 8.94. The van der Waals surface area contributed by atoms with Crippen LogP contribution in [0, 0.1) is 12.8 Å². The molecule has 0 bridgehead atoms. The number of rotatable bonds is 4. The second-order valence-electron chi connectivity index (χ2n) is 6.19. The van der Waals surface area contributed by atoms with E-state index in [9.17, 15) is 0 Å². The first-order chi connectivity index (χ1) is 10.2. The fourth-order valence-electron chi connectivity index (χ4n) is 3.23. The number of aryl methyl sites for hydroxylation is 2. The maximum Gasteiger partial charge on any atom is 0.191 e. The van der Waals surface area contributed by atoms with E-state index in [0.29, 0.717) is 6.04 Å². The van der Waals surface area contributed by atoms with E-state index < -0.39 is 0 Å². The molecule has 21 heavy (non-hydrogen) atoms. The fourth-order valence-corrected chi connectivity index (χ4v) is 3.23. The summed E-state index contributed by atoms with van der Waals surface area (Å²) in [5.74, 6) is 3.62. The Morgan fingerprint density at radius 2 is 2.29 bits per heavy atom. The van der Waals surface area contributed by atoms with Gasteiger partial charge in [-0.3, -0.25) is 4.99 Å². The van der Waals surface area contributed by atoms with Crippen molar-refractivity contribution >= 4 is 5.96 Å². The highest BCUT2D eigenvalue weighted by molar-refractivity contribution is 5.80. The quantitative estimate of drug-likeness (QED) is 0.655. The summed E-state index contributed by atoms with van der Waals surface area (Å²) in [7, 11) is 1.84. The summed E-state index contributed by atoms with van der Waals surface area (Å²) in [6.45, 7) is 5.18. The molecule has 0 amide bonds. The van der Waals surface area contributed by atoms with Crippen molar-refractivity contribution in [2.24, 2.45) is 10.9 Å². The van der Waals surface area contributed by atoms with E-state index in [4.69, 9.17) is 0 Å². The minimum absolute atomic E-state index is 0.217. The molecule has 6 heteroatoms. The van der Waals surface area contributed by atoms with Crippen LogP contribution >= 0.6 is 0 Å². The van der Waals surface area contributed by atoms with Crippen molar-refractivity contribution in [2.45, 2.75) is 64.6 Å². The van der Waals surface area contributed by atoms with Crippen LogP contribution in [0.25, 0.3) is 0 Å². The Hall–Kier alpha value is -1.59. The van der Waals surface area contributed by atoms with Gasteiger partial charge in [-0.05, 0) is 38.5 Å². The van der Waals surface area contributed by atoms with Crippen LogP contribution in [0.5, 0.6) is 0 Å². The van der Waals surface area contributed by atoms with E-state index in [2.05, 4.69) is 32.6 Å². The molecule has 2 N–H and O–H groups in total. The lowest BCUT2D eigenvalue weighted by molar-refractivity contribution is 0.397. The van der Waals surface area contributed by atoms with Gasteiger partial charge in [0.15, 0.2) is 5.96 Å². The normalized spacial score (nSPS) is 28.1. The second-order valence-corrected chi connectivity index (χ2v) is 6.19. The molecule has 116 valence electrons. The highest BCUT2D eigenvalue weighted by Gasteiger charge is 2.37. The number of hydrogen-bond donors (Lipinski definition) is 2. The maximum atomic E-state index is 4.57. The Kier molecular flexibility index (Phi) is 4.12. The van der Waals surface area contributed by atoms with Gasteiger partial charge in [-0.1, -0.05) is 13.3 Å². The molecule has 0 spiro atoms. The summed E-state index contributed by atoms with van der Waals surface area (Å²) in [6, 6.07) is 0.814. The van der Waals surface area contributed by atoms with E-state index in [1.54, 1.807) is 0 Å². The molecule has 2 aliphatic rings. The molecule has 3 unspecified atom stereocenters. The summed E-state index contributed by atoms with van der Waals surface area (Å²) in [6.07, 6.45) is 6.06. The minimum atomic E-state index is 0.217. The number of aromatic nitrogens is 3. The first-order valence-corrected chi connectivity index (χ1v) is 8.12. The molecule has 0 radical (unpaired) electrons. The molecule has 3 atom stereocenters. The summed E-state index contributed by atoms with van der Waals surface area (Å²) < 4.78 is 2.03. The molecule has 1 aliphatic heterocycles. The lowest BCUT2D eigenvalue weighted by Crippen LogP contribution is -2.42. The van der Waals surface area contributed by atoms with E-state index >= 15 is 0 Å². The summed E-state index contributed by atoms with van der Waals surface area (Å²) in [5, 5.41) is 11.5. The molecular formula is C15H26N6. The predicted octanol–water partition coefficient (Wildman–Crippen LogP) is 1.78. The number of guanidine groups is 1. The van der Waals surface area contributed by atoms with Gasteiger partial charge < -0.3 is 10.6 Å². The van der Waals surface area contributed by atoms with Crippen LogP contribution in [0.4, 0.5) is 0 Å². The van der Waals surface area contributed by atoms with Crippen LogP contribution in [0.2, 0.25) is 0 Å². The Bertz CT molecular complexity index is 520. The van der Waals surface area contributed by atoms with Gasteiger partial charge in [0.2, 0.25) is 0 Å². The van der Waals surface area contributed by atoms with E-state index in [0.717, 1.165) is 42.9 Å². The highest BCUT2D eigenvalue weighted by atomic mass is 15.4. The third-order valence-electron chi connectivity index (χ3n) is 4.42. The minimum Gasteiger partial charge on any atom is -0.353 e. The average molecular weight is 290 g/mol. The molecular weight excluding hydrogens is 264 g/mol. The zero-order chi connectivity index (χ0) is 14.8. The highest BCUT2D eigenvalue weighted by Crippen LogP contribution is 2.34. The topological polar surface area (TPSA) is 67.1 Å². The molecule has 1 fully saturated rings. The monoisotopic (exact) mass is 290 g/mol. The van der Waals surface area contributed by atoms with Gasteiger partial charge in [0, 0.05) is 19.6 Å². The summed E-state index contributed by atoms with van der Waals surface area (Å²) in [5.41, 5.74) is 0. The van der Waals surface area contributed by atoms with Crippen LogP contribution in [-0.2, 0) is 6.54 Å². The summed E-state index contributed by atoms with van der Waals surface area (Å²) >= 11 is 0. The molecule has 3 rings (SSSR count). The standard InChI is InChI=1S/C15H26N6/c1-4-6-11-9-13(11)19-15(16-3)18-12-7-5-8-21-14(12)17-10(2)20-21/h11-13H,4-9H2,1-3H3,(H2,16,18,19). The van der Waals surface area contributed by atoms with Gasteiger partial charge >= 0.3 is 0 Å². The Balaban J connectivity index is 1.60.